The van der Waals surface area contributed by atoms with Gasteiger partial charge in [0.05, 0.1) is 11.3 Å². The lowest BCUT2D eigenvalue weighted by molar-refractivity contribution is 0.325. The van der Waals surface area contributed by atoms with E-state index in [0.29, 0.717) is 5.41 Å². The van der Waals surface area contributed by atoms with Crippen LogP contribution in [0.25, 0.3) is 0 Å². The van der Waals surface area contributed by atoms with Gasteiger partial charge in [-0.1, -0.05) is 26.8 Å². The Morgan fingerprint density at radius 2 is 2.10 bits per heavy atom. The molecule has 21 heavy (non-hydrogen) atoms. The van der Waals surface area contributed by atoms with Crippen molar-refractivity contribution in [2.24, 2.45) is 5.41 Å². The van der Waals surface area contributed by atoms with E-state index in [0.717, 1.165) is 37.4 Å². The van der Waals surface area contributed by atoms with Gasteiger partial charge in [-0.25, -0.2) is 0 Å². The van der Waals surface area contributed by atoms with Gasteiger partial charge < -0.3 is 10.2 Å². The van der Waals surface area contributed by atoms with Crippen molar-refractivity contribution in [2.75, 3.05) is 24.5 Å². The van der Waals surface area contributed by atoms with Crippen LogP contribution in [0.4, 0.5) is 5.69 Å². The molecule has 1 heterocycles. The average Bonchev–Trinajstić information content (AvgIpc) is 2.65. The molecule has 3 nitrogen and oxygen atoms in total. The number of benzene rings is 1. The minimum absolute atomic E-state index is 0.423. The molecule has 0 atom stereocenters. The highest BCUT2D eigenvalue weighted by Gasteiger charge is 2.24. The summed E-state index contributed by atoms with van der Waals surface area (Å²) in [6.45, 7) is 10.7. The first kappa shape index (κ1) is 15.9. The third kappa shape index (κ3) is 4.22. The van der Waals surface area contributed by atoms with Gasteiger partial charge in [-0.15, -0.1) is 0 Å². The van der Waals surface area contributed by atoms with Gasteiger partial charge >= 0.3 is 0 Å². The zero-order chi connectivity index (χ0) is 15.3. The molecule has 0 unspecified atom stereocenters. The van der Waals surface area contributed by atoms with E-state index in [2.05, 4.69) is 49.2 Å². The van der Waals surface area contributed by atoms with E-state index in [1.165, 1.54) is 24.8 Å². The quantitative estimate of drug-likeness (QED) is 0.917. The van der Waals surface area contributed by atoms with Crippen molar-refractivity contribution in [3.8, 4) is 6.07 Å². The molecule has 1 aliphatic rings. The highest BCUT2D eigenvalue weighted by molar-refractivity contribution is 5.60. The third-order valence-corrected chi connectivity index (χ3v) is 4.44. The normalized spacial score (nSPS) is 18.1. The molecule has 114 valence electrons. The van der Waals surface area contributed by atoms with E-state index >= 15 is 0 Å². The van der Waals surface area contributed by atoms with Crippen LogP contribution < -0.4 is 10.2 Å². The molecule has 0 bridgehead atoms. The number of nitrogens with one attached hydrogen (secondary N) is 1. The molecule has 0 amide bonds. The monoisotopic (exact) mass is 285 g/mol. The maximum absolute atomic E-state index is 9.47. The zero-order valence-corrected chi connectivity index (χ0v) is 13.6. The number of rotatable bonds is 4. The SMILES string of the molecule is CCNCc1ccc(N2CCCC(C)(C)CC2)c(C#N)c1. The van der Waals surface area contributed by atoms with Gasteiger partial charge in [-0.2, -0.15) is 5.26 Å². The van der Waals surface area contributed by atoms with Crippen LogP contribution in [0, 0.1) is 16.7 Å². The van der Waals surface area contributed by atoms with Crippen molar-refractivity contribution in [2.45, 2.75) is 46.6 Å². The minimum atomic E-state index is 0.423. The molecule has 1 fully saturated rings. The molecule has 0 aliphatic carbocycles. The summed E-state index contributed by atoms with van der Waals surface area (Å²) in [5.41, 5.74) is 3.53. The van der Waals surface area contributed by atoms with E-state index in [1.807, 2.05) is 6.07 Å². The molecule has 1 saturated heterocycles. The molecule has 0 radical (unpaired) electrons. The number of hydrogen-bond acceptors (Lipinski definition) is 3. The Morgan fingerprint density at radius 1 is 1.29 bits per heavy atom. The smallest absolute Gasteiger partial charge is 0.101 e. The largest absolute Gasteiger partial charge is 0.370 e. The summed E-state index contributed by atoms with van der Waals surface area (Å²) in [4.78, 5) is 2.39. The number of nitrogens with zero attached hydrogens (tertiary/aromatic N) is 2. The Balaban J connectivity index is 2.17. The van der Waals surface area contributed by atoms with Crippen molar-refractivity contribution in [3.63, 3.8) is 0 Å². The summed E-state index contributed by atoms with van der Waals surface area (Å²) in [5, 5.41) is 12.8. The fourth-order valence-electron chi connectivity index (χ4n) is 2.99. The summed E-state index contributed by atoms with van der Waals surface area (Å²) in [6, 6.07) is 8.69. The Bertz CT molecular complexity index is 514. The molecular weight excluding hydrogens is 258 g/mol. The van der Waals surface area contributed by atoms with Crippen LogP contribution in [-0.2, 0) is 6.54 Å². The van der Waals surface area contributed by atoms with Crippen LogP contribution in [0.15, 0.2) is 18.2 Å². The van der Waals surface area contributed by atoms with Crippen LogP contribution in [0.3, 0.4) is 0 Å². The van der Waals surface area contributed by atoms with Gasteiger partial charge in [-0.3, -0.25) is 0 Å². The van der Waals surface area contributed by atoms with Gasteiger partial charge in [0.25, 0.3) is 0 Å². The predicted molar refractivity (Wildman–Crippen MR) is 88.4 cm³/mol. The van der Waals surface area contributed by atoms with Crippen LogP contribution >= 0.6 is 0 Å². The summed E-state index contributed by atoms with van der Waals surface area (Å²) < 4.78 is 0. The van der Waals surface area contributed by atoms with Gasteiger partial charge in [0, 0.05) is 19.6 Å². The first-order chi connectivity index (χ1) is 10.1. The van der Waals surface area contributed by atoms with Crippen LogP contribution in [0.5, 0.6) is 0 Å². The lowest BCUT2D eigenvalue weighted by Gasteiger charge is -2.26. The second-order valence-electron chi connectivity index (χ2n) is 6.75. The molecule has 1 aromatic rings. The third-order valence-electron chi connectivity index (χ3n) is 4.44. The van der Waals surface area contributed by atoms with Crippen molar-refractivity contribution < 1.29 is 0 Å². The standard InChI is InChI=1S/C18H27N3/c1-4-20-14-15-6-7-17(16(12-15)13-19)21-10-5-8-18(2,3)9-11-21/h6-7,12,20H,4-5,8-11,14H2,1-3H3. The number of nitriles is 1. The maximum Gasteiger partial charge on any atom is 0.101 e. The van der Waals surface area contributed by atoms with E-state index in [-0.39, 0.29) is 0 Å². The molecule has 3 heteroatoms. The Kier molecular flexibility index (Phi) is 5.25. The van der Waals surface area contributed by atoms with Crippen LogP contribution in [-0.4, -0.2) is 19.6 Å². The molecule has 2 rings (SSSR count). The van der Waals surface area contributed by atoms with E-state index in [9.17, 15) is 5.26 Å². The highest BCUT2D eigenvalue weighted by Crippen LogP contribution is 2.32. The van der Waals surface area contributed by atoms with E-state index in [1.54, 1.807) is 0 Å². The molecule has 1 N–H and O–H groups in total. The van der Waals surface area contributed by atoms with E-state index < -0.39 is 0 Å². The van der Waals surface area contributed by atoms with Crippen molar-refractivity contribution in [1.29, 1.82) is 5.26 Å². The first-order valence-electron chi connectivity index (χ1n) is 8.04. The van der Waals surface area contributed by atoms with Crippen molar-refractivity contribution >= 4 is 5.69 Å². The zero-order valence-electron chi connectivity index (χ0n) is 13.6. The Morgan fingerprint density at radius 3 is 2.81 bits per heavy atom. The van der Waals surface area contributed by atoms with Gasteiger partial charge in [0.1, 0.15) is 6.07 Å². The highest BCUT2D eigenvalue weighted by atomic mass is 15.1. The molecule has 1 aromatic carbocycles. The van der Waals surface area contributed by atoms with Gasteiger partial charge in [0.2, 0.25) is 0 Å². The lowest BCUT2D eigenvalue weighted by Crippen LogP contribution is -2.26. The Hall–Kier alpha value is -1.53. The second kappa shape index (κ2) is 6.95. The fraction of sp³-hybridized carbons (Fsp3) is 0.611. The number of anilines is 1. The fourth-order valence-corrected chi connectivity index (χ4v) is 2.99. The molecule has 0 spiro atoms. The van der Waals surface area contributed by atoms with Gasteiger partial charge in [0.15, 0.2) is 0 Å². The van der Waals surface area contributed by atoms with E-state index in [4.69, 9.17) is 0 Å². The summed E-state index contributed by atoms with van der Waals surface area (Å²) in [5.74, 6) is 0. The summed E-state index contributed by atoms with van der Waals surface area (Å²) in [7, 11) is 0. The maximum atomic E-state index is 9.47. The summed E-state index contributed by atoms with van der Waals surface area (Å²) >= 11 is 0. The predicted octanol–water partition coefficient (Wildman–Crippen LogP) is 3.68. The topological polar surface area (TPSA) is 39.1 Å². The molecule has 0 aromatic heterocycles. The Labute approximate surface area is 129 Å². The lowest BCUT2D eigenvalue weighted by atomic mass is 9.85. The van der Waals surface area contributed by atoms with Crippen molar-refractivity contribution in [1.82, 2.24) is 5.32 Å². The van der Waals surface area contributed by atoms with Crippen LogP contribution in [0.2, 0.25) is 0 Å². The summed E-state index contributed by atoms with van der Waals surface area (Å²) in [6.07, 6.45) is 3.66. The second-order valence-corrected chi connectivity index (χ2v) is 6.75. The van der Waals surface area contributed by atoms with Crippen LogP contribution in [0.1, 0.15) is 51.2 Å². The minimum Gasteiger partial charge on any atom is -0.370 e. The van der Waals surface area contributed by atoms with Crippen molar-refractivity contribution in [3.05, 3.63) is 29.3 Å². The van der Waals surface area contributed by atoms with Gasteiger partial charge in [-0.05, 0) is 48.9 Å². The average molecular weight is 285 g/mol. The molecule has 0 saturated carbocycles. The number of hydrogen-bond donors (Lipinski definition) is 1. The first-order valence-corrected chi connectivity index (χ1v) is 8.04. The molecular formula is C18H27N3. The molecule has 1 aliphatic heterocycles.